The van der Waals surface area contributed by atoms with Gasteiger partial charge in [-0.05, 0) is 30.5 Å². The second kappa shape index (κ2) is 8.55. The van der Waals surface area contributed by atoms with Crippen molar-refractivity contribution in [2.24, 2.45) is 5.14 Å². The second-order valence-corrected chi connectivity index (χ2v) is 7.84. The topological polar surface area (TPSA) is 83.7 Å². The maximum Gasteiger partial charge on any atom is 0.222 e. The molecule has 1 aliphatic heterocycles. The van der Waals surface area contributed by atoms with E-state index < -0.39 is 10.0 Å². The average Bonchev–Trinajstić information content (AvgIpc) is 2.71. The van der Waals surface area contributed by atoms with Gasteiger partial charge in [-0.25, -0.2) is 17.9 Å². The summed E-state index contributed by atoms with van der Waals surface area (Å²) >= 11 is 0. The first-order chi connectivity index (χ1) is 11.3. The molecule has 0 aliphatic carbocycles. The molecule has 0 aromatic heterocycles. The summed E-state index contributed by atoms with van der Waals surface area (Å²) in [6.07, 6.45) is 1.29. The third-order valence-corrected chi connectivity index (χ3v) is 4.91. The van der Waals surface area contributed by atoms with Gasteiger partial charge in [0.05, 0.1) is 5.75 Å². The Labute approximate surface area is 142 Å². The van der Waals surface area contributed by atoms with Crippen LogP contribution in [0.4, 0.5) is 4.39 Å². The SMILES string of the molecule is NS(=O)(=O)CCCC(=O)N1CCCN(Cc2cccc(F)c2)CC1. The van der Waals surface area contributed by atoms with Gasteiger partial charge in [-0.3, -0.25) is 9.69 Å². The summed E-state index contributed by atoms with van der Waals surface area (Å²) in [6.45, 7) is 3.48. The molecule has 1 fully saturated rings. The minimum Gasteiger partial charge on any atom is -0.341 e. The number of nitrogens with two attached hydrogens (primary N) is 1. The zero-order valence-corrected chi connectivity index (χ0v) is 14.5. The monoisotopic (exact) mass is 357 g/mol. The normalized spacial score (nSPS) is 16.8. The maximum absolute atomic E-state index is 13.2. The van der Waals surface area contributed by atoms with E-state index in [4.69, 9.17) is 5.14 Å². The van der Waals surface area contributed by atoms with E-state index in [2.05, 4.69) is 4.90 Å². The van der Waals surface area contributed by atoms with Crippen molar-refractivity contribution in [2.75, 3.05) is 31.9 Å². The van der Waals surface area contributed by atoms with Gasteiger partial charge in [0.2, 0.25) is 15.9 Å². The number of benzene rings is 1. The number of hydrogen-bond donors (Lipinski definition) is 1. The highest BCUT2D eigenvalue weighted by Gasteiger charge is 2.19. The predicted molar refractivity (Wildman–Crippen MR) is 90.1 cm³/mol. The van der Waals surface area contributed by atoms with Crippen molar-refractivity contribution in [3.05, 3.63) is 35.6 Å². The molecule has 6 nitrogen and oxygen atoms in total. The van der Waals surface area contributed by atoms with Crippen LogP contribution in [0.1, 0.15) is 24.8 Å². The van der Waals surface area contributed by atoms with Gasteiger partial charge in [0, 0.05) is 39.1 Å². The minimum absolute atomic E-state index is 0.0359. The molecular weight excluding hydrogens is 333 g/mol. The Hall–Kier alpha value is -1.51. The number of carbonyl (C=O) groups excluding carboxylic acids is 1. The van der Waals surface area contributed by atoms with Crippen LogP contribution in [-0.2, 0) is 21.4 Å². The lowest BCUT2D eigenvalue weighted by Gasteiger charge is -2.22. The smallest absolute Gasteiger partial charge is 0.222 e. The van der Waals surface area contributed by atoms with Crippen LogP contribution in [-0.4, -0.2) is 56.1 Å². The fourth-order valence-corrected chi connectivity index (χ4v) is 3.40. The lowest BCUT2D eigenvalue weighted by atomic mass is 10.2. The van der Waals surface area contributed by atoms with Crippen LogP contribution in [0.15, 0.2) is 24.3 Å². The largest absolute Gasteiger partial charge is 0.341 e. The summed E-state index contributed by atoms with van der Waals surface area (Å²) in [5, 5.41) is 4.94. The van der Waals surface area contributed by atoms with Crippen molar-refractivity contribution in [3.63, 3.8) is 0 Å². The Morgan fingerprint density at radius 2 is 2.00 bits per heavy atom. The van der Waals surface area contributed by atoms with Gasteiger partial charge in [-0.15, -0.1) is 0 Å². The lowest BCUT2D eigenvalue weighted by Crippen LogP contribution is -2.35. The molecule has 134 valence electrons. The number of nitrogens with zero attached hydrogens (tertiary/aromatic N) is 2. The molecule has 2 N–H and O–H groups in total. The van der Waals surface area contributed by atoms with Crippen molar-refractivity contribution in [1.29, 1.82) is 0 Å². The molecule has 24 heavy (non-hydrogen) atoms. The molecule has 1 heterocycles. The third kappa shape index (κ3) is 6.54. The summed E-state index contributed by atoms with van der Waals surface area (Å²) in [6, 6.07) is 6.54. The number of amides is 1. The average molecular weight is 357 g/mol. The number of primary sulfonamides is 1. The van der Waals surface area contributed by atoms with Crippen LogP contribution in [0.25, 0.3) is 0 Å². The van der Waals surface area contributed by atoms with E-state index in [1.54, 1.807) is 11.0 Å². The molecule has 1 amide bonds. The molecule has 1 aromatic carbocycles. The molecule has 8 heteroatoms. The zero-order chi connectivity index (χ0) is 17.6. The van der Waals surface area contributed by atoms with Gasteiger partial charge in [-0.2, -0.15) is 0 Å². The summed E-state index contributed by atoms with van der Waals surface area (Å²) in [5.41, 5.74) is 0.919. The quantitative estimate of drug-likeness (QED) is 0.821. The van der Waals surface area contributed by atoms with E-state index in [-0.39, 0.29) is 30.3 Å². The molecular formula is C16H24FN3O3S. The number of halogens is 1. The molecule has 0 spiro atoms. The van der Waals surface area contributed by atoms with Crippen LogP contribution in [0.3, 0.4) is 0 Å². The second-order valence-electron chi connectivity index (χ2n) is 6.11. The van der Waals surface area contributed by atoms with Gasteiger partial charge in [0.1, 0.15) is 5.82 Å². The molecule has 1 aromatic rings. The fraction of sp³-hybridized carbons (Fsp3) is 0.562. The van der Waals surface area contributed by atoms with E-state index >= 15 is 0 Å². The van der Waals surface area contributed by atoms with Gasteiger partial charge in [-0.1, -0.05) is 12.1 Å². The van der Waals surface area contributed by atoms with Crippen molar-refractivity contribution in [2.45, 2.75) is 25.8 Å². The summed E-state index contributed by atoms with van der Waals surface area (Å²) < 4.78 is 35.1. The summed E-state index contributed by atoms with van der Waals surface area (Å²) in [5.74, 6) is -0.446. The first-order valence-corrected chi connectivity index (χ1v) is 9.80. The van der Waals surface area contributed by atoms with E-state index in [0.29, 0.717) is 19.6 Å². The number of rotatable bonds is 6. The van der Waals surface area contributed by atoms with E-state index in [1.165, 1.54) is 12.1 Å². The predicted octanol–water partition coefficient (Wildman–Crippen LogP) is 0.929. The first-order valence-electron chi connectivity index (χ1n) is 8.08. The fourth-order valence-electron chi connectivity index (χ4n) is 2.85. The van der Waals surface area contributed by atoms with Crippen molar-refractivity contribution in [3.8, 4) is 0 Å². The Balaban J connectivity index is 1.80. The highest BCUT2D eigenvalue weighted by atomic mass is 32.2. The van der Waals surface area contributed by atoms with E-state index in [0.717, 1.165) is 25.1 Å². The molecule has 2 rings (SSSR count). The van der Waals surface area contributed by atoms with Crippen LogP contribution < -0.4 is 5.14 Å². The standard InChI is InChI=1S/C16H24FN3O3S/c17-15-5-1-4-14(12-15)13-19-7-3-8-20(10-9-19)16(21)6-2-11-24(18,22)23/h1,4-5,12H,2-3,6-11,13H2,(H2,18,22,23). The molecule has 0 atom stereocenters. The van der Waals surface area contributed by atoms with Gasteiger partial charge >= 0.3 is 0 Å². The molecule has 0 radical (unpaired) electrons. The van der Waals surface area contributed by atoms with Crippen LogP contribution in [0.2, 0.25) is 0 Å². The molecule has 1 saturated heterocycles. The Morgan fingerprint density at radius 3 is 2.71 bits per heavy atom. The van der Waals surface area contributed by atoms with Gasteiger partial charge < -0.3 is 4.90 Å². The number of carbonyl (C=O) groups is 1. The number of sulfonamides is 1. The Morgan fingerprint density at radius 1 is 1.21 bits per heavy atom. The van der Waals surface area contributed by atoms with Crippen molar-refractivity contribution < 1.29 is 17.6 Å². The summed E-state index contributed by atoms with van der Waals surface area (Å²) in [7, 11) is -3.51. The van der Waals surface area contributed by atoms with Crippen LogP contribution in [0, 0.1) is 5.82 Å². The third-order valence-electron chi connectivity index (χ3n) is 4.06. The van der Waals surface area contributed by atoms with E-state index in [9.17, 15) is 17.6 Å². The van der Waals surface area contributed by atoms with Crippen molar-refractivity contribution >= 4 is 15.9 Å². The Bertz CT molecular complexity index is 666. The summed E-state index contributed by atoms with van der Waals surface area (Å²) in [4.78, 5) is 16.1. The lowest BCUT2D eigenvalue weighted by molar-refractivity contribution is -0.131. The van der Waals surface area contributed by atoms with Crippen molar-refractivity contribution in [1.82, 2.24) is 9.80 Å². The maximum atomic E-state index is 13.2. The highest BCUT2D eigenvalue weighted by Crippen LogP contribution is 2.11. The Kier molecular flexibility index (Phi) is 6.70. The van der Waals surface area contributed by atoms with Gasteiger partial charge in [0.25, 0.3) is 0 Å². The molecule has 0 saturated carbocycles. The molecule has 0 unspecified atom stereocenters. The number of hydrogen-bond acceptors (Lipinski definition) is 4. The molecule has 1 aliphatic rings. The van der Waals surface area contributed by atoms with Crippen LogP contribution in [0.5, 0.6) is 0 Å². The first kappa shape index (κ1) is 18.8. The molecule has 0 bridgehead atoms. The minimum atomic E-state index is -3.51. The van der Waals surface area contributed by atoms with Crippen LogP contribution >= 0.6 is 0 Å². The van der Waals surface area contributed by atoms with E-state index in [1.807, 2.05) is 6.07 Å². The zero-order valence-electron chi connectivity index (χ0n) is 13.7. The van der Waals surface area contributed by atoms with Gasteiger partial charge in [0.15, 0.2) is 0 Å². The highest BCUT2D eigenvalue weighted by molar-refractivity contribution is 7.89.